The molecule has 0 aliphatic heterocycles. The maximum atomic E-state index is 13.1. The summed E-state index contributed by atoms with van der Waals surface area (Å²) in [4.78, 5) is 23.9. The molecule has 4 nitrogen and oxygen atoms in total. The molecule has 1 N–H and O–H groups in total. The van der Waals surface area contributed by atoms with Crippen LogP contribution in [0.5, 0.6) is 0 Å². The quantitative estimate of drug-likeness (QED) is 0.617. The van der Waals surface area contributed by atoms with Gasteiger partial charge in [0.1, 0.15) is 6.04 Å². The number of hydrogen-bond donors (Lipinski definition) is 1. The Balaban J connectivity index is 2.56. The third-order valence-electron chi connectivity index (χ3n) is 2.79. The summed E-state index contributed by atoms with van der Waals surface area (Å²) in [6.45, 7) is 3.86. The predicted octanol–water partition coefficient (Wildman–Crippen LogP) is 2.76. The maximum Gasteiger partial charge on any atom is 0.328 e. The summed E-state index contributed by atoms with van der Waals surface area (Å²) in [7, 11) is 1.26. The van der Waals surface area contributed by atoms with Crippen molar-refractivity contribution in [2.45, 2.75) is 31.2 Å². The zero-order valence-corrected chi connectivity index (χ0v) is 13.5. The molecule has 0 unspecified atom stereocenters. The average molecular weight is 331 g/mol. The average Bonchev–Trinajstić information content (AvgIpc) is 2.46. The highest BCUT2D eigenvalue weighted by atomic mass is 32.2. The molecule has 0 spiro atoms. The van der Waals surface area contributed by atoms with E-state index in [0.29, 0.717) is 11.3 Å². The number of nitrogens with one attached hydrogen (secondary N) is 1. The highest BCUT2D eigenvalue weighted by Crippen LogP contribution is 2.20. The van der Waals surface area contributed by atoms with Crippen LogP contribution in [-0.2, 0) is 14.3 Å². The zero-order valence-electron chi connectivity index (χ0n) is 12.7. The molecule has 1 aromatic carbocycles. The van der Waals surface area contributed by atoms with Crippen molar-refractivity contribution >= 4 is 23.6 Å². The second kappa shape index (κ2) is 8.73. The summed E-state index contributed by atoms with van der Waals surface area (Å²) in [6, 6.07) is 2.72. The SMILES string of the molecule is COC(=O)[C@H](CC(C)C)NC(=O)CSc1ccc(F)c(F)c1. The molecule has 0 aliphatic rings. The number of carbonyl (C=O) groups excluding carboxylic acids is 2. The zero-order chi connectivity index (χ0) is 16.7. The van der Waals surface area contributed by atoms with Gasteiger partial charge in [0.2, 0.25) is 5.91 Å². The van der Waals surface area contributed by atoms with Gasteiger partial charge in [-0.05, 0) is 30.5 Å². The maximum absolute atomic E-state index is 13.1. The Bertz CT molecular complexity index is 538. The number of rotatable bonds is 7. The van der Waals surface area contributed by atoms with Crippen molar-refractivity contribution in [3.63, 3.8) is 0 Å². The summed E-state index contributed by atoms with van der Waals surface area (Å²) in [5.41, 5.74) is 0. The van der Waals surface area contributed by atoms with Crippen molar-refractivity contribution in [3.8, 4) is 0 Å². The molecule has 22 heavy (non-hydrogen) atoms. The van der Waals surface area contributed by atoms with Crippen molar-refractivity contribution in [2.75, 3.05) is 12.9 Å². The standard InChI is InChI=1S/C15H19F2NO3S/c1-9(2)6-13(15(20)21-3)18-14(19)8-22-10-4-5-11(16)12(17)7-10/h4-5,7,9,13H,6,8H2,1-3H3,(H,18,19)/t13-/m0/s1. The van der Waals surface area contributed by atoms with E-state index >= 15 is 0 Å². The fourth-order valence-corrected chi connectivity index (χ4v) is 2.51. The normalized spacial score (nSPS) is 12.1. The largest absolute Gasteiger partial charge is 0.467 e. The Morgan fingerprint density at radius 1 is 1.27 bits per heavy atom. The molecule has 7 heteroatoms. The molecule has 122 valence electrons. The van der Waals surface area contributed by atoms with E-state index in [9.17, 15) is 18.4 Å². The summed E-state index contributed by atoms with van der Waals surface area (Å²) in [6.07, 6.45) is 0.467. The van der Waals surface area contributed by atoms with E-state index in [1.165, 1.54) is 13.2 Å². The summed E-state index contributed by atoms with van der Waals surface area (Å²) in [5.74, 6) is -2.56. The number of methoxy groups -OCH3 is 1. The fourth-order valence-electron chi connectivity index (χ4n) is 1.78. The molecule has 0 fully saturated rings. The number of carbonyl (C=O) groups is 2. The van der Waals surface area contributed by atoms with E-state index in [0.717, 1.165) is 23.9 Å². The topological polar surface area (TPSA) is 55.4 Å². The Kier molecular flexibility index (Phi) is 7.31. The Labute approximate surface area is 132 Å². The van der Waals surface area contributed by atoms with Gasteiger partial charge in [-0.15, -0.1) is 11.8 Å². The molecule has 0 saturated heterocycles. The second-order valence-electron chi connectivity index (χ2n) is 5.14. The van der Waals surface area contributed by atoms with Crippen LogP contribution in [-0.4, -0.2) is 30.8 Å². The first-order chi connectivity index (χ1) is 10.3. The van der Waals surface area contributed by atoms with Gasteiger partial charge in [-0.3, -0.25) is 4.79 Å². The van der Waals surface area contributed by atoms with Crippen LogP contribution in [0.1, 0.15) is 20.3 Å². The molecule has 1 atom stereocenters. The Hall–Kier alpha value is -1.63. The van der Waals surface area contributed by atoms with Gasteiger partial charge in [-0.1, -0.05) is 13.8 Å². The molecule has 1 rings (SSSR count). The number of ether oxygens (including phenoxy) is 1. The van der Waals surface area contributed by atoms with Gasteiger partial charge in [0.15, 0.2) is 11.6 Å². The molecule has 1 amide bonds. The van der Waals surface area contributed by atoms with Gasteiger partial charge >= 0.3 is 5.97 Å². The summed E-state index contributed by atoms with van der Waals surface area (Å²) in [5, 5.41) is 2.59. The fraction of sp³-hybridized carbons (Fsp3) is 0.467. The Morgan fingerprint density at radius 3 is 2.50 bits per heavy atom. The van der Waals surface area contributed by atoms with Crippen molar-refractivity contribution < 1.29 is 23.1 Å². The highest BCUT2D eigenvalue weighted by Gasteiger charge is 2.22. The highest BCUT2D eigenvalue weighted by molar-refractivity contribution is 8.00. The van der Waals surface area contributed by atoms with E-state index in [-0.39, 0.29) is 17.6 Å². The number of esters is 1. The predicted molar refractivity (Wildman–Crippen MR) is 80.5 cm³/mol. The first-order valence-electron chi connectivity index (χ1n) is 6.78. The Morgan fingerprint density at radius 2 is 1.95 bits per heavy atom. The first-order valence-corrected chi connectivity index (χ1v) is 7.77. The lowest BCUT2D eigenvalue weighted by Crippen LogP contribution is -2.43. The number of amides is 1. The minimum atomic E-state index is -0.961. The molecule has 0 aliphatic carbocycles. The number of thioether (sulfide) groups is 1. The molecule has 1 aromatic rings. The lowest BCUT2D eigenvalue weighted by atomic mass is 10.0. The van der Waals surface area contributed by atoms with Crippen molar-refractivity contribution in [1.82, 2.24) is 5.32 Å². The van der Waals surface area contributed by atoms with Gasteiger partial charge < -0.3 is 10.1 Å². The monoisotopic (exact) mass is 331 g/mol. The molecule has 0 heterocycles. The summed E-state index contributed by atoms with van der Waals surface area (Å²) >= 11 is 1.06. The van der Waals surface area contributed by atoms with Crippen molar-refractivity contribution in [2.24, 2.45) is 5.92 Å². The number of halogens is 2. The van der Waals surface area contributed by atoms with Crippen LogP contribution in [0.3, 0.4) is 0 Å². The minimum absolute atomic E-state index is 0.00331. The number of benzene rings is 1. The van der Waals surface area contributed by atoms with Crippen LogP contribution < -0.4 is 5.32 Å². The van der Waals surface area contributed by atoms with E-state index in [1.807, 2.05) is 13.8 Å². The second-order valence-corrected chi connectivity index (χ2v) is 6.19. The molecule has 0 bridgehead atoms. The molecular weight excluding hydrogens is 312 g/mol. The molecule has 0 radical (unpaired) electrons. The van der Waals surface area contributed by atoms with Crippen LogP contribution in [0.25, 0.3) is 0 Å². The van der Waals surface area contributed by atoms with Gasteiger partial charge in [0.05, 0.1) is 12.9 Å². The van der Waals surface area contributed by atoms with Crippen LogP contribution in [0.2, 0.25) is 0 Å². The van der Waals surface area contributed by atoms with Crippen molar-refractivity contribution in [3.05, 3.63) is 29.8 Å². The van der Waals surface area contributed by atoms with Crippen LogP contribution in [0.4, 0.5) is 8.78 Å². The van der Waals surface area contributed by atoms with E-state index in [4.69, 9.17) is 0 Å². The van der Waals surface area contributed by atoms with E-state index < -0.39 is 23.6 Å². The van der Waals surface area contributed by atoms with Gasteiger partial charge in [0, 0.05) is 4.90 Å². The third kappa shape index (κ3) is 6.01. The molecule has 0 saturated carbocycles. The van der Waals surface area contributed by atoms with Crippen LogP contribution in [0, 0.1) is 17.6 Å². The van der Waals surface area contributed by atoms with E-state index in [1.54, 1.807) is 0 Å². The minimum Gasteiger partial charge on any atom is -0.467 e. The van der Waals surface area contributed by atoms with Crippen molar-refractivity contribution in [1.29, 1.82) is 0 Å². The number of hydrogen-bond acceptors (Lipinski definition) is 4. The van der Waals surface area contributed by atoms with Crippen LogP contribution >= 0.6 is 11.8 Å². The molecule has 0 aromatic heterocycles. The smallest absolute Gasteiger partial charge is 0.328 e. The lowest BCUT2D eigenvalue weighted by Gasteiger charge is -2.18. The molecular formula is C15H19F2NO3S. The lowest BCUT2D eigenvalue weighted by molar-refractivity contribution is -0.145. The van der Waals surface area contributed by atoms with Crippen LogP contribution in [0.15, 0.2) is 23.1 Å². The van der Waals surface area contributed by atoms with E-state index in [2.05, 4.69) is 10.1 Å². The first kappa shape index (κ1) is 18.4. The summed E-state index contributed by atoms with van der Waals surface area (Å²) < 4.78 is 30.5. The van der Waals surface area contributed by atoms with Gasteiger partial charge in [-0.25, -0.2) is 13.6 Å². The van der Waals surface area contributed by atoms with Gasteiger partial charge in [-0.2, -0.15) is 0 Å². The van der Waals surface area contributed by atoms with Gasteiger partial charge in [0.25, 0.3) is 0 Å². The third-order valence-corrected chi connectivity index (χ3v) is 3.78.